The van der Waals surface area contributed by atoms with Gasteiger partial charge in [-0.25, -0.2) is 0 Å². The molecule has 0 N–H and O–H groups in total. The molecular formula is C15H21Br. The first kappa shape index (κ1) is 12.2. The van der Waals surface area contributed by atoms with Crippen LogP contribution in [0.2, 0.25) is 0 Å². The van der Waals surface area contributed by atoms with Crippen LogP contribution in [0.1, 0.15) is 57.1 Å². The van der Waals surface area contributed by atoms with Gasteiger partial charge in [-0.15, -0.1) is 0 Å². The van der Waals surface area contributed by atoms with E-state index < -0.39 is 0 Å². The average Bonchev–Trinajstić information content (AvgIpc) is 2.64. The first-order chi connectivity index (χ1) is 7.47. The summed E-state index contributed by atoms with van der Waals surface area (Å²) in [4.78, 5) is 0.736. The highest BCUT2D eigenvalue weighted by Gasteiger charge is 2.24. The van der Waals surface area contributed by atoms with Crippen molar-refractivity contribution in [1.82, 2.24) is 0 Å². The molecule has 1 fully saturated rings. The topological polar surface area (TPSA) is 0 Å². The monoisotopic (exact) mass is 280 g/mol. The van der Waals surface area contributed by atoms with Gasteiger partial charge in [0.25, 0.3) is 0 Å². The second kappa shape index (κ2) is 4.52. The lowest BCUT2D eigenvalue weighted by molar-refractivity contribution is 0.589. The summed E-state index contributed by atoms with van der Waals surface area (Å²) in [6.07, 6.45) is 3.96. The molecule has 2 rings (SSSR count). The molecule has 88 valence electrons. The molecule has 1 aliphatic carbocycles. The maximum atomic E-state index is 3.72. The lowest BCUT2D eigenvalue weighted by Gasteiger charge is -2.20. The van der Waals surface area contributed by atoms with Crippen molar-refractivity contribution < 1.29 is 0 Å². The Hall–Kier alpha value is -0.300. The Morgan fingerprint density at radius 2 is 1.69 bits per heavy atom. The molecule has 0 heterocycles. The van der Waals surface area contributed by atoms with Crippen LogP contribution < -0.4 is 0 Å². The van der Waals surface area contributed by atoms with E-state index in [0.717, 1.165) is 10.7 Å². The van der Waals surface area contributed by atoms with E-state index in [0.29, 0.717) is 0 Å². The van der Waals surface area contributed by atoms with Crippen LogP contribution in [0.15, 0.2) is 24.3 Å². The molecule has 1 saturated carbocycles. The largest absolute Gasteiger partial charge is 0.0890 e. The van der Waals surface area contributed by atoms with Crippen molar-refractivity contribution in [2.24, 2.45) is 0 Å². The SMILES string of the molecule is CC(C)(C)c1ccc(C2CCC(Br)C2)cc1. The number of rotatable bonds is 1. The number of hydrogen-bond donors (Lipinski definition) is 0. The number of halogens is 1. The Morgan fingerprint density at radius 3 is 2.12 bits per heavy atom. The average molecular weight is 281 g/mol. The lowest BCUT2D eigenvalue weighted by Crippen LogP contribution is -2.10. The predicted molar refractivity (Wildman–Crippen MR) is 74.4 cm³/mol. The van der Waals surface area contributed by atoms with Crippen LogP contribution in [0.4, 0.5) is 0 Å². The van der Waals surface area contributed by atoms with E-state index in [1.807, 2.05) is 0 Å². The summed E-state index contributed by atoms with van der Waals surface area (Å²) >= 11 is 3.72. The summed E-state index contributed by atoms with van der Waals surface area (Å²) in [5.41, 5.74) is 3.23. The Labute approximate surface area is 108 Å². The molecule has 1 aliphatic rings. The fourth-order valence-corrected chi connectivity index (χ4v) is 3.20. The second-order valence-electron chi connectivity index (χ2n) is 5.98. The highest BCUT2D eigenvalue weighted by atomic mass is 79.9. The van der Waals surface area contributed by atoms with Crippen molar-refractivity contribution in [3.05, 3.63) is 35.4 Å². The van der Waals surface area contributed by atoms with Crippen molar-refractivity contribution in [3.63, 3.8) is 0 Å². The zero-order valence-electron chi connectivity index (χ0n) is 10.5. The third kappa shape index (κ3) is 2.68. The Bertz CT molecular complexity index is 345. The van der Waals surface area contributed by atoms with E-state index in [4.69, 9.17) is 0 Å². The molecule has 0 amide bonds. The molecule has 0 aromatic heterocycles. The highest BCUT2D eigenvalue weighted by Crippen LogP contribution is 2.38. The van der Waals surface area contributed by atoms with Crippen LogP contribution in [0.25, 0.3) is 0 Å². The van der Waals surface area contributed by atoms with Crippen molar-refractivity contribution in [1.29, 1.82) is 0 Å². The molecule has 16 heavy (non-hydrogen) atoms. The molecule has 0 aliphatic heterocycles. The zero-order chi connectivity index (χ0) is 11.8. The molecule has 0 bridgehead atoms. The van der Waals surface area contributed by atoms with Crippen LogP contribution in [0.5, 0.6) is 0 Å². The maximum absolute atomic E-state index is 3.72. The van der Waals surface area contributed by atoms with Crippen molar-refractivity contribution in [2.45, 2.75) is 56.2 Å². The highest BCUT2D eigenvalue weighted by molar-refractivity contribution is 9.09. The first-order valence-corrected chi connectivity index (χ1v) is 7.13. The van der Waals surface area contributed by atoms with Crippen molar-refractivity contribution in [2.75, 3.05) is 0 Å². The zero-order valence-corrected chi connectivity index (χ0v) is 12.0. The molecule has 0 radical (unpaired) electrons. The van der Waals surface area contributed by atoms with Gasteiger partial charge >= 0.3 is 0 Å². The molecule has 0 nitrogen and oxygen atoms in total. The molecule has 2 atom stereocenters. The predicted octanol–water partition coefficient (Wildman–Crippen LogP) is 5.02. The lowest BCUT2D eigenvalue weighted by atomic mass is 9.85. The van der Waals surface area contributed by atoms with Gasteiger partial charge < -0.3 is 0 Å². The third-order valence-electron chi connectivity index (χ3n) is 3.62. The fraction of sp³-hybridized carbons (Fsp3) is 0.600. The summed E-state index contributed by atoms with van der Waals surface area (Å²) < 4.78 is 0. The van der Waals surface area contributed by atoms with Gasteiger partial charge in [0, 0.05) is 4.83 Å². The molecule has 2 unspecified atom stereocenters. The molecule has 0 saturated heterocycles. The standard InChI is InChI=1S/C15H21Br/c1-15(2,3)13-7-4-11(5-8-13)12-6-9-14(16)10-12/h4-5,7-8,12,14H,6,9-10H2,1-3H3. The normalized spacial score (nSPS) is 26.0. The fourth-order valence-electron chi connectivity index (χ4n) is 2.48. The summed E-state index contributed by atoms with van der Waals surface area (Å²) in [5, 5.41) is 0. The van der Waals surface area contributed by atoms with Gasteiger partial charge in [0.1, 0.15) is 0 Å². The summed E-state index contributed by atoms with van der Waals surface area (Å²) in [6, 6.07) is 9.26. The van der Waals surface area contributed by atoms with Crippen molar-refractivity contribution >= 4 is 15.9 Å². The summed E-state index contributed by atoms with van der Waals surface area (Å²) in [5.74, 6) is 0.776. The second-order valence-corrected chi connectivity index (χ2v) is 7.27. The van der Waals surface area contributed by atoms with Crippen LogP contribution in [-0.2, 0) is 5.41 Å². The number of hydrogen-bond acceptors (Lipinski definition) is 0. The molecule has 0 spiro atoms. The maximum Gasteiger partial charge on any atom is 0.0151 e. The Kier molecular flexibility index (Phi) is 3.44. The van der Waals surface area contributed by atoms with Gasteiger partial charge in [0.2, 0.25) is 0 Å². The quantitative estimate of drug-likeness (QED) is 0.634. The van der Waals surface area contributed by atoms with Crippen LogP contribution in [0, 0.1) is 0 Å². The van der Waals surface area contributed by atoms with E-state index in [1.165, 1.54) is 30.4 Å². The molecule has 1 aromatic rings. The molecule has 1 heteroatoms. The van der Waals surface area contributed by atoms with Crippen molar-refractivity contribution in [3.8, 4) is 0 Å². The first-order valence-electron chi connectivity index (χ1n) is 6.21. The van der Waals surface area contributed by atoms with Crippen LogP contribution in [0.3, 0.4) is 0 Å². The minimum Gasteiger partial charge on any atom is -0.0890 e. The van der Waals surface area contributed by atoms with E-state index in [1.54, 1.807) is 0 Å². The molecule has 1 aromatic carbocycles. The van der Waals surface area contributed by atoms with Gasteiger partial charge in [-0.05, 0) is 41.7 Å². The van der Waals surface area contributed by atoms with Gasteiger partial charge in [0.05, 0.1) is 0 Å². The van der Waals surface area contributed by atoms with Crippen LogP contribution in [-0.4, -0.2) is 4.83 Å². The minimum absolute atomic E-state index is 0.270. The van der Waals surface area contributed by atoms with Gasteiger partial charge in [-0.3, -0.25) is 0 Å². The van der Waals surface area contributed by atoms with E-state index >= 15 is 0 Å². The van der Waals surface area contributed by atoms with E-state index in [2.05, 4.69) is 61.0 Å². The third-order valence-corrected chi connectivity index (χ3v) is 4.45. The number of benzene rings is 1. The summed E-state index contributed by atoms with van der Waals surface area (Å²) in [6.45, 7) is 6.81. The Morgan fingerprint density at radius 1 is 1.06 bits per heavy atom. The number of alkyl halides is 1. The Balaban J connectivity index is 2.14. The molecular weight excluding hydrogens is 260 g/mol. The van der Waals surface area contributed by atoms with Gasteiger partial charge in [-0.1, -0.05) is 61.0 Å². The minimum atomic E-state index is 0.270. The summed E-state index contributed by atoms with van der Waals surface area (Å²) in [7, 11) is 0. The van der Waals surface area contributed by atoms with Gasteiger partial charge in [0.15, 0.2) is 0 Å². The van der Waals surface area contributed by atoms with Gasteiger partial charge in [-0.2, -0.15) is 0 Å². The van der Waals surface area contributed by atoms with E-state index in [9.17, 15) is 0 Å². The van der Waals surface area contributed by atoms with E-state index in [-0.39, 0.29) is 5.41 Å². The van der Waals surface area contributed by atoms with Crippen LogP contribution >= 0.6 is 15.9 Å². The smallest absolute Gasteiger partial charge is 0.0151 e.